The molecule has 1 aromatic carbocycles. The van der Waals surface area contributed by atoms with Crippen LogP contribution in [0.3, 0.4) is 0 Å². The maximum atomic E-state index is 9.79. The summed E-state index contributed by atoms with van der Waals surface area (Å²) in [6.45, 7) is 1.62. The molecule has 0 unspecified atom stereocenters. The fraction of sp³-hybridized carbons (Fsp3) is 0.500. The molecule has 1 heterocycles. The molecule has 0 bridgehead atoms. The van der Waals surface area contributed by atoms with Gasteiger partial charge in [-0.2, -0.15) is 0 Å². The average Bonchev–Trinajstić information content (AvgIpc) is 2.36. The first-order valence-corrected chi connectivity index (χ1v) is 5.74. The maximum Gasteiger partial charge on any atom is 0.157 e. The van der Waals surface area contributed by atoms with E-state index in [-0.39, 0.29) is 5.75 Å². The van der Waals surface area contributed by atoms with E-state index in [1.165, 1.54) is 12.1 Å². The summed E-state index contributed by atoms with van der Waals surface area (Å²) in [6, 6.07) is 6.22. The molecule has 18 heavy (non-hydrogen) atoms. The molecule has 1 aliphatic heterocycles. The molecule has 100 valence electrons. The van der Waals surface area contributed by atoms with E-state index in [4.69, 9.17) is 9.84 Å². The summed E-state index contributed by atoms with van der Waals surface area (Å²) in [4.78, 5) is 0. The highest BCUT2D eigenvalue weighted by Gasteiger charge is 2.41. The van der Waals surface area contributed by atoms with E-state index in [9.17, 15) is 15.3 Å². The van der Waals surface area contributed by atoms with Crippen molar-refractivity contribution in [2.24, 2.45) is 0 Å². The van der Waals surface area contributed by atoms with Crippen LogP contribution in [0.2, 0.25) is 0 Å². The van der Waals surface area contributed by atoms with E-state index in [0.29, 0.717) is 5.69 Å². The van der Waals surface area contributed by atoms with Gasteiger partial charge >= 0.3 is 0 Å². The lowest BCUT2D eigenvalue weighted by Gasteiger charge is -2.39. The van der Waals surface area contributed by atoms with Crippen molar-refractivity contribution in [1.29, 1.82) is 0 Å². The number of aromatic hydroxyl groups is 1. The van der Waals surface area contributed by atoms with Crippen LogP contribution in [0.15, 0.2) is 24.3 Å². The number of aliphatic hydroxyl groups is 3. The summed E-state index contributed by atoms with van der Waals surface area (Å²) in [5.74, 6) is 0.134. The number of hydrogen-bond donors (Lipinski definition) is 5. The van der Waals surface area contributed by atoms with Crippen molar-refractivity contribution in [3.63, 3.8) is 0 Å². The van der Waals surface area contributed by atoms with Crippen LogP contribution >= 0.6 is 0 Å². The topological polar surface area (TPSA) is 102 Å². The van der Waals surface area contributed by atoms with Gasteiger partial charge in [-0.3, -0.25) is 0 Å². The van der Waals surface area contributed by atoms with E-state index in [0.717, 1.165) is 0 Å². The summed E-state index contributed by atoms with van der Waals surface area (Å²) in [5.41, 5.74) is 0.632. The van der Waals surface area contributed by atoms with Crippen molar-refractivity contribution in [1.82, 2.24) is 0 Å². The van der Waals surface area contributed by atoms with Gasteiger partial charge in [0.05, 0.1) is 6.10 Å². The van der Waals surface area contributed by atoms with Gasteiger partial charge in [-0.25, -0.2) is 0 Å². The number of anilines is 1. The van der Waals surface area contributed by atoms with Crippen molar-refractivity contribution < 1.29 is 25.2 Å². The number of ether oxygens (including phenoxy) is 1. The maximum absolute atomic E-state index is 9.79. The Hall–Kier alpha value is -1.34. The molecular formula is C12H17NO5. The highest BCUT2D eigenvalue weighted by Crippen LogP contribution is 2.23. The molecule has 0 amide bonds. The van der Waals surface area contributed by atoms with Crippen LogP contribution in [-0.2, 0) is 4.74 Å². The van der Waals surface area contributed by atoms with Crippen LogP contribution in [0, 0.1) is 0 Å². The van der Waals surface area contributed by atoms with Gasteiger partial charge in [-0.15, -0.1) is 0 Å². The van der Waals surface area contributed by atoms with Crippen molar-refractivity contribution in [2.75, 3.05) is 5.32 Å². The van der Waals surface area contributed by atoms with Crippen molar-refractivity contribution >= 4 is 5.69 Å². The minimum atomic E-state index is -1.26. The highest BCUT2D eigenvalue weighted by molar-refractivity contribution is 5.46. The lowest BCUT2D eigenvalue weighted by atomic mass is 9.99. The SMILES string of the molecule is C[C@@H]1O[C@H](Nc2ccc(O)cc2)[C@H](O)[C@@H](O)[C@H]1O. The molecule has 0 spiro atoms. The smallest absolute Gasteiger partial charge is 0.157 e. The van der Waals surface area contributed by atoms with E-state index >= 15 is 0 Å². The zero-order chi connectivity index (χ0) is 13.3. The van der Waals surface area contributed by atoms with Crippen LogP contribution in [0.4, 0.5) is 5.69 Å². The Kier molecular flexibility index (Phi) is 3.72. The molecule has 0 aliphatic carbocycles. The molecule has 1 aromatic rings. The standard InChI is InChI=1S/C12H17NO5/c1-6-9(15)10(16)11(17)12(18-6)13-7-2-4-8(14)5-3-7/h2-6,9-17H,1H3/t6-,9-,10-,11+,12-/m0/s1. The molecule has 5 N–H and O–H groups in total. The molecular weight excluding hydrogens is 238 g/mol. The second-order valence-electron chi connectivity index (χ2n) is 4.42. The third kappa shape index (κ3) is 2.56. The van der Waals surface area contributed by atoms with Crippen molar-refractivity contribution in [3.05, 3.63) is 24.3 Å². The van der Waals surface area contributed by atoms with Gasteiger partial charge in [0.2, 0.25) is 0 Å². The molecule has 1 aliphatic rings. The number of hydrogen-bond acceptors (Lipinski definition) is 6. The van der Waals surface area contributed by atoms with Crippen LogP contribution < -0.4 is 5.32 Å². The molecule has 2 rings (SSSR count). The number of nitrogens with one attached hydrogen (secondary N) is 1. The predicted molar refractivity (Wildman–Crippen MR) is 64.1 cm³/mol. The summed E-state index contributed by atoms with van der Waals surface area (Å²) >= 11 is 0. The van der Waals surface area contributed by atoms with E-state index < -0.39 is 30.6 Å². The van der Waals surface area contributed by atoms with E-state index in [1.54, 1.807) is 19.1 Å². The first kappa shape index (κ1) is 13.1. The van der Waals surface area contributed by atoms with Gasteiger partial charge in [0, 0.05) is 5.69 Å². The van der Waals surface area contributed by atoms with Crippen LogP contribution in [0.25, 0.3) is 0 Å². The molecule has 6 nitrogen and oxygen atoms in total. The summed E-state index contributed by atoms with van der Waals surface area (Å²) in [7, 11) is 0. The normalized spacial score (nSPS) is 36.3. The number of aliphatic hydroxyl groups excluding tert-OH is 3. The Balaban J connectivity index is 2.06. The Bertz CT molecular complexity index is 396. The third-order valence-corrected chi connectivity index (χ3v) is 3.03. The highest BCUT2D eigenvalue weighted by atomic mass is 16.5. The fourth-order valence-corrected chi connectivity index (χ4v) is 1.89. The van der Waals surface area contributed by atoms with E-state index in [1.807, 2.05) is 0 Å². The van der Waals surface area contributed by atoms with Crippen LogP contribution in [0.1, 0.15) is 6.92 Å². The van der Waals surface area contributed by atoms with Crippen molar-refractivity contribution in [2.45, 2.75) is 37.6 Å². The predicted octanol–water partition coefficient (Wildman–Crippen LogP) is -0.368. The first-order chi connectivity index (χ1) is 8.49. The molecule has 0 radical (unpaired) electrons. The molecule has 6 heteroatoms. The molecule has 5 atom stereocenters. The lowest BCUT2D eigenvalue weighted by Crippen LogP contribution is -2.58. The Morgan fingerprint density at radius 3 is 2.22 bits per heavy atom. The minimum absolute atomic E-state index is 0.134. The average molecular weight is 255 g/mol. The Morgan fingerprint density at radius 2 is 1.61 bits per heavy atom. The second-order valence-corrected chi connectivity index (χ2v) is 4.42. The number of phenolic OH excluding ortho intramolecular Hbond substituents is 1. The van der Waals surface area contributed by atoms with Crippen LogP contribution in [-0.4, -0.2) is 51.1 Å². The van der Waals surface area contributed by atoms with E-state index in [2.05, 4.69) is 5.32 Å². The summed E-state index contributed by atoms with van der Waals surface area (Å²) in [6.07, 6.45) is -5.01. The zero-order valence-corrected chi connectivity index (χ0v) is 9.89. The monoisotopic (exact) mass is 255 g/mol. The van der Waals surface area contributed by atoms with Gasteiger partial charge in [0.1, 0.15) is 24.1 Å². The molecule has 0 aromatic heterocycles. The minimum Gasteiger partial charge on any atom is -0.508 e. The van der Waals surface area contributed by atoms with Gasteiger partial charge in [0.15, 0.2) is 6.23 Å². The van der Waals surface area contributed by atoms with Crippen LogP contribution in [0.5, 0.6) is 5.75 Å². The lowest BCUT2D eigenvalue weighted by molar-refractivity contribution is -0.209. The number of phenols is 1. The second kappa shape index (κ2) is 5.11. The zero-order valence-electron chi connectivity index (χ0n) is 9.89. The van der Waals surface area contributed by atoms with Gasteiger partial charge in [0.25, 0.3) is 0 Å². The molecule has 1 fully saturated rings. The third-order valence-electron chi connectivity index (χ3n) is 3.03. The first-order valence-electron chi connectivity index (χ1n) is 5.74. The van der Waals surface area contributed by atoms with Gasteiger partial charge in [-0.1, -0.05) is 0 Å². The molecule has 1 saturated heterocycles. The van der Waals surface area contributed by atoms with Crippen molar-refractivity contribution in [3.8, 4) is 5.75 Å². The number of benzene rings is 1. The Morgan fingerprint density at radius 1 is 1.00 bits per heavy atom. The van der Waals surface area contributed by atoms with Gasteiger partial charge in [-0.05, 0) is 31.2 Å². The van der Waals surface area contributed by atoms with Gasteiger partial charge < -0.3 is 30.5 Å². The fourth-order valence-electron chi connectivity index (χ4n) is 1.89. The largest absolute Gasteiger partial charge is 0.508 e. The number of rotatable bonds is 2. The summed E-state index contributed by atoms with van der Waals surface area (Å²) in [5, 5.41) is 41.0. The molecule has 0 saturated carbocycles. The summed E-state index contributed by atoms with van der Waals surface area (Å²) < 4.78 is 5.38. The Labute approximate surface area is 104 Å². The quantitative estimate of drug-likeness (QED) is 0.462.